The Morgan fingerprint density at radius 3 is 3.20 bits per heavy atom. The van der Waals surface area contributed by atoms with Crippen molar-refractivity contribution in [1.82, 2.24) is 5.32 Å². The van der Waals surface area contributed by atoms with Crippen molar-refractivity contribution in [3.63, 3.8) is 0 Å². The molecule has 2 rings (SSSR count). The number of hydrogen-bond acceptors (Lipinski definition) is 3. The molecule has 1 aliphatic rings. The second-order valence-corrected chi connectivity index (χ2v) is 4.05. The first kappa shape index (κ1) is 10.5. The predicted octanol–water partition coefficient (Wildman–Crippen LogP) is 0.847. The van der Waals surface area contributed by atoms with Crippen LogP contribution in [0.3, 0.4) is 0 Å². The molecule has 1 aromatic carbocycles. The lowest BCUT2D eigenvalue weighted by Gasteiger charge is -2.10. The van der Waals surface area contributed by atoms with Crippen LogP contribution in [-0.2, 0) is 6.42 Å². The van der Waals surface area contributed by atoms with Gasteiger partial charge in [0, 0.05) is 26.1 Å². The van der Waals surface area contributed by atoms with Crippen molar-refractivity contribution in [3.8, 4) is 5.75 Å². The van der Waals surface area contributed by atoms with E-state index in [1.165, 1.54) is 11.1 Å². The molecular formula is C12H18N2O. The van der Waals surface area contributed by atoms with Gasteiger partial charge in [-0.15, -0.1) is 0 Å². The van der Waals surface area contributed by atoms with Crippen molar-refractivity contribution in [2.75, 3.05) is 19.6 Å². The number of rotatable bonds is 4. The van der Waals surface area contributed by atoms with Crippen LogP contribution in [0, 0.1) is 6.92 Å². The molecule has 0 saturated heterocycles. The van der Waals surface area contributed by atoms with Gasteiger partial charge in [-0.1, -0.05) is 17.7 Å². The van der Waals surface area contributed by atoms with E-state index in [2.05, 4.69) is 30.4 Å². The highest BCUT2D eigenvalue weighted by Crippen LogP contribution is 2.28. The smallest absolute Gasteiger partial charge is 0.123 e. The molecule has 0 saturated carbocycles. The Balaban J connectivity index is 1.91. The van der Waals surface area contributed by atoms with Gasteiger partial charge in [-0.2, -0.15) is 0 Å². The van der Waals surface area contributed by atoms with Crippen LogP contribution in [0.1, 0.15) is 11.1 Å². The summed E-state index contributed by atoms with van der Waals surface area (Å²) < 4.78 is 5.81. The van der Waals surface area contributed by atoms with Crippen molar-refractivity contribution < 1.29 is 4.74 Å². The largest absolute Gasteiger partial charge is 0.488 e. The van der Waals surface area contributed by atoms with Crippen LogP contribution in [0.4, 0.5) is 0 Å². The summed E-state index contributed by atoms with van der Waals surface area (Å²) in [6, 6.07) is 6.36. The van der Waals surface area contributed by atoms with Gasteiger partial charge in [0.2, 0.25) is 0 Å². The monoisotopic (exact) mass is 206 g/mol. The van der Waals surface area contributed by atoms with Gasteiger partial charge in [0.15, 0.2) is 0 Å². The van der Waals surface area contributed by atoms with Crippen LogP contribution in [0.5, 0.6) is 5.75 Å². The number of nitrogens with two attached hydrogens (primary N) is 1. The summed E-state index contributed by atoms with van der Waals surface area (Å²) in [5, 5.41) is 3.28. The fraction of sp³-hybridized carbons (Fsp3) is 0.500. The standard InChI is InChI=1S/C12H18N2O/c1-9-2-3-12-10(6-9)7-11(15-12)8-14-5-4-13/h2-3,6,11,14H,4-5,7-8,13H2,1H3. The topological polar surface area (TPSA) is 47.3 Å². The zero-order chi connectivity index (χ0) is 10.7. The van der Waals surface area contributed by atoms with Crippen LogP contribution < -0.4 is 15.8 Å². The van der Waals surface area contributed by atoms with Gasteiger partial charge in [-0.3, -0.25) is 0 Å². The van der Waals surface area contributed by atoms with E-state index in [1.807, 2.05) is 0 Å². The second-order valence-electron chi connectivity index (χ2n) is 4.05. The summed E-state index contributed by atoms with van der Waals surface area (Å²) in [4.78, 5) is 0. The van der Waals surface area contributed by atoms with Crippen LogP contribution in [0.25, 0.3) is 0 Å². The van der Waals surface area contributed by atoms with Gasteiger partial charge in [0.1, 0.15) is 11.9 Å². The highest BCUT2D eigenvalue weighted by Gasteiger charge is 2.21. The van der Waals surface area contributed by atoms with Gasteiger partial charge in [0.05, 0.1) is 0 Å². The van der Waals surface area contributed by atoms with E-state index in [4.69, 9.17) is 10.5 Å². The minimum absolute atomic E-state index is 0.272. The van der Waals surface area contributed by atoms with Crippen LogP contribution >= 0.6 is 0 Å². The fourth-order valence-corrected chi connectivity index (χ4v) is 1.93. The minimum Gasteiger partial charge on any atom is -0.488 e. The first-order valence-electron chi connectivity index (χ1n) is 5.46. The highest BCUT2D eigenvalue weighted by atomic mass is 16.5. The quantitative estimate of drug-likeness (QED) is 0.718. The molecule has 1 aliphatic heterocycles. The molecule has 0 bridgehead atoms. The Labute approximate surface area is 90.6 Å². The molecule has 3 nitrogen and oxygen atoms in total. The van der Waals surface area contributed by atoms with Crippen molar-refractivity contribution in [2.24, 2.45) is 5.73 Å². The summed E-state index contributed by atoms with van der Waals surface area (Å²) in [6.07, 6.45) is 1.28. The zero-order valence-corrected chi connectivity index (χ0v) is 9.12. The van der Waals surface area contributed by atoms with Crippen LogP contribution in [0.2, 0.25) is 0 Å². The van der Waals surface area contributed by atoms with Gasteiger partial charge in [-0.25, -0.2) is 0 Å². The van der Waals surface area contributed by atoms with Crippen molar-refractivity contribution >= 4 is 0 Å². The SMILES string of the molecule is Cc1ccc2c(c1)CC(CNCCN)O2. The molecule has 1 atom stereocenters. The molecule has 3 N–H and O–H groups in total. The van der Waals surface area contributed by atoms with E-state index in [9.17, 15) is 0 Å². The van der Waals surface area contributed by atoms with E-state index in [0.29, 0.717) is 6.54 Å². The molecule has 0 amide bonds. The number of ether oxygens (including phenoxy) is 1. The Morgan fingerprint density at radius 1 is 1.53 bits per heavy atom. The molecule has 1 heterocycles. The predicted molar refractivity (Wildman–Crippen MR) is 61.2 cm³/mol. The molecule has 1 aromatic rings. The third-order valence-electron chi connectivity index (χ3n) is 2.65. The third kappa shape index (κ3) is 2.49. The Bertz CT molecular complexity index is 338. The second kappa shape index (κ2) is 4.64. The molecular weight excluding hydrogens is 188 g/mol. The molecule has 3 heteroatoms. The van der Waals surface area contributed by atoms with Crippen LogP contribution in [0.15, 0.2) is 18.2 Å². The zero-order valence-electron chi connectivity index (χ0n) is 9.12. The number of benzene rings is 1. The summed E-state index contributed by atoms with van der Waals surface area (Å²) in [5.74, 6) is 1.04. The van der Waals surface area contributed by atoms with E-state index < -0.39 is 0 Å². The van der Waals surface area contributed by atoms with Crippen molar-refractivity contribution in [3.05, 3.63) is 29.3 Å². The lowest BCUT2D eigenvalue weighted by molar-refractivity contribution is 0.228. The number of aryl methyl sites for hydroxylation is 1. The molecule has 0 spiro atoms. The lowest BCUT2D eigenvalue weighted by atomic mass is 10.1. The van der Waals surface area contributed by atoms with E-state index in [-0.39, 0.29) is 6.10 Å². The number of nitrogens with one attached hydrogen (secondary N) is 1. The molecule has 0 aromatic heterocycles. The Kier molecular flexibility index (Phi) is 3.23. The maximum absolute atomic E-state index is 5.81. The van der Waals surface area contributed by atoms with Crippen molar-refractivity contribution in [1.29, 1.82) is 0 Å². The molecule has 15 heavy (non-hydrogen) atoms. The highest BCUT2D eigenvalue weighted by molar-refractivity contribution is 5.40. The number of hydrogen-bond donors (Lipinski definition) is 2. The summed E-state index contributed by atoms with van der Waals surface area (Å²) in [5.41, 5.74) is 8.04. The van der Waals surface area contributed by atoms with E-state index in [1.54, 1.807) is 0 Å². The molecule has 0 aliphatic carbocycles. The van der Waals surface area contributed by atoms with Gasteiger partial charge >= 0.3 is 0 Å². The normalized spacial score (nSPS) is 18.7. The van der Waals surface area contributed by atoms with Gasteiger partial charge < -0.3 is 15.8 Å². The van der Waals surface area contributed by atoms with Gasteiger partial charge in [0.25, 0.3) is 0 Å². The average molecular weight is 206 g/mol. The fourth-order valence-electron chi connectivity index (χ4n) is 1.93. The lowest BCUT2D eigenvalue weighted by Crippen LogP contribution is -2.33. The summed E-state index contributed by atoms with van der Waals surface area (Å²) in [6.45, 7) is 4.53. The van der Waals surface area contributed by atoms with E-state index >= 15 is 0 Å². The van der Waals surface area contributed by atoms with Crippen LogP contribution in [-0.4, -0.2) is 25.7 Å². The maximum Gasteiger partial charge on any atom is 0.123 e. The summed E-state index contributed by atoms with van der Waals surface area (Å²) >= 11 is 0. The summed E-state index contributed by atoms with van der Waals surface area (Å²) in [7, 11) is 0. The first-order valence-corrected chi connectivity index (χ1v) is 5.46. The third-order valence-corrected chi connectivity index (χ3v) is 2.65. The molecule has 0 radical (unpaired) electrons. The number of fused-ring (bicyclic) bond motifs is 1. The molecule has 1 unspecified atom stereocenters. The Morgan fingerprint density at radius 2 is 2.40 bits per heavy atom. The van der Waals surface area contributed by atoms with E-state index in [0.717, 1.165) is 25.3 Å². The minimum atomic E-state index is 0.272. The maximum atomic E-state index is 5.81. The first-order chi connectivity index (χ1) is 7.29. The molecule has 0 fully saturated rings. The molecule has 82 valence electrons. The van der Waals surface area contributed by atoms with Crippen molar-refractivity contribution in [2.45, 2.75) is 19.4 Å². The Hall–Kier alpha value is -1.06. The van der Waals surface area contributed by atoms with Gasteiger partial charge in [-0.05, 0) is 18.6 Å². The average Bonchev–Trinajstić information content (AvgIpc) is 2.60.